The number of ether oxygens (including phenoxy) is 1. The Kier molecular flexibility index (Phi) is 4.66. The Hall–Kier alpha value is -2.60. The number of amides is 1. The largest absolute Gasteiger partial charge is 0.481 e. The number of hydrogen-bond acceptors (Lipinski definition) is 3. The molecule has 0 spiro atoms. The second-order valence-electron chi connectivity index (χ2n) is 5.25. The first-order valence-electron chi connectivity index (χ1n) is 7.24. The number of alkyl halides is 1. The van der Waals surface area contributed by atoms with Crippen LogP contribution in [0.3, 0.4) is 0 Å². The average molecular weight is 388 g/mol. The standard InChI is InChI=1S/C18H14BrNO4/c19-9-11-5-6-15-13(7-11)14(18(23)20-15)8-12-3-1-2-4-16(12)24-10-17(21)22/h1-8H,9-10H2,(H,20,23)(H,21,22). The smallest absolute Gasteiger partial charge is 0.341 e. The Balaban J connectivity index is 2.01. The Labute approximate surface area is 147 Å². The lowest BCUT2D eigenvalue weighted by Gasteiger charge is -2.07. The third kappa shape index (κ3) is 3.33. The predicted molar refractivity (Wildman–Crippen MR) is 95.1 cm³/mol. The molecule has 0 saturated carbocycles. The zero-order valence-electron chi connectivity index (χ0n) is 12.6. The molecule has 1 heterocycles. The molecule has 2 N–H and O–H groups in total. The number of nitrogens with one attached hydrogen (secondary N) is 1. The topological polar surface area (TPSA) is 75.6 Å². The number of halogens is 1. The van der Waals surface area contributed by atoms with E-state index in [-0.39, 0.29) is 5.91 Å². The van der Waals surface area contributed by atoms with E-state index in [9.17, 15) is 9.59 Å². The highest BCUT2D eigenvalue weighted by molar-refractivity contribution is 9.08. The number of fused-ring (bicyclic) bond motifs is 1. The number of carbonyl (C=O) groups excluding carboxylic acids is 1. The first-order valence-corrected chi connectivity index (χ1v) is 8.36. The number of aliphatic carboxylic acids is 1. The molecular weight excluding hydrogens is 374 g/mol. The second-order valence-corrected chi connectivity index (χ2v) is 5.81. The molecule has 1 aliphatic rings. The van der Waals surface area contributed by atoms with Crippen molar-refractivity contribution >= 4 is 45.1 Å². The molecule has 2 aromatic carbocycles. The van der Waals surface area contributed by atoms with Crippen molar-refractivity contribution in [2.75, 3.05) is 11.9 Å². The van der Waals surface area contributed by atoms with Gasteiger partial charge in [-0.2, -0.15) is 0 Å². The van der Waals surface area contributed by atoms with E-state index < -0.39 is 12.6 Å². The van der Waals surface area contributed by atoms with Crippen LogP contribution in [-0.2, 0) is 14.9 Å². The minimum Gasteiger partial charge on any atom is -0.481 e. The number of rotatable bonds is 5. The van der Waals surface area contributed by atoms with E-state index in [2.05, 4.69) is 21.2 Å². The monoisotopic (exact) mass is 387 g/mol. The van der Waals surface area contributed by atoms with Crippen LogP contribution >= 0.6 is 15.9 Å². The Morgan fingerprint density at radius 3 is 2.79 bits per heavy atom. The summed E-state index contributed by atoms with van der Waals surface area (Å²) in [7, 11) is 0. The van der Waals surface area contributed by atoms with Gasteiger partial charge in [-0.05, 0) is 29.8 Å². The number of carbonyl (C=O) groups is 2. The van der Waals surface area contributed by atoms with Crippen molar-refractivity contribution in [2.45, 2.75) is 5.33 Å². The van der Waals surface area contributed by atoms with Crippen LogP contribution in [-0.4, -0.2) is 23.6 Å². The fourth-order valence-electron chi connectivity index (χ4n) is 2.49. The summed E-state index contributed by atoms with van der Waals surface area (Å²) in [5.74, 6) is -0.821. The van der Waals surface area contributed by atoms with Crippen molar-refractivity contribution < 1.29 is 19.4 Å². The van der Waals surface area contributed by atoms with Crippen LogP contribution in [0.15, 0.2) is 42.5 Å². The van der Waals surface area contributed by atoms with Gasteiger partial charge in [0, 0.05) is 27.7 Å². The minimum absolute atomic E-state index is 0.190. The van der Waals surface area contributed by atoms with E-state index in [1.165, 1.54) is 0 Å². The van der Waals surface area contributed by atoms with Gasteiger partial charge in [0.2, 0.25) is 0 Å². The summed E-state index contributed by atoms with van der Waals surface area (Å²) < 4.78 is 5.29. The fourth-order valence-corrected chi connectivity index (χ4v) is 2.84. The molecule has 6 heteroatoms. The molecule has 24 heavy (non-hydrogen) atoms. The first-order chi connectivity index (χ1) is 11.6. The van der Waals surface area contributed by atoms with Gasteiger partial charge in [-0.1, -0.05) is 40.2 Å². The van der Waals surface area contributed by atoms with Gasteiger partial charge < -0.3 is 15.2 Å². The van der Waals surface area contributed by atoms with Gasteiger partial charge in [-0.15, -0.1) is 0 Å². The summed E-state index contributed by atoms with van der Waals surface area (Å²) in [5, 5.41) is 12.3. The maximum atomic E-state index is 12.3. The van der Waals surface area contributed by atoms with E-state index in [0.717, 1.165) is 16.8 Å². The molecule has 0 aromatic heterocycles. The van der Waals surface area contributed by atoms with Gasteiger partial charge in [0.15, 0.2) is 6.61 Å². The van der Waals surface area contributed by atoms with Crippen LogP contribution in [0.1, 0.15) is 16.7 Å². The molecular formula is C18H14BrNO4. The number of hydrogen-bond donors (Lipinski definition) is 2. The molecule has 1 amide bonds. The molecule has 1 aliphatic heterocycles. The Bertz CT molecular complexity index is 845. The van der Waals surface area contributed by atoms with Crippen LogP contribution in [0.2, 0.25) is 0 Å². The lowest BCUT2D eigenvalue weighted by Crippen LogP contribution is -2.10. The van der Waals surface area contributed by atoms with Gasteiger partial charge in [0.05, 0.1) is 0 Å². The first kappa shape index (κ1) is 16.3. The van der Waals surface area contributed by atoms with E-state index in [0.29, 0.717) is 22.2 Å². The quantitative estimate of drug-likeness (QED) is 0.607. The third-order valence-electron chi connectivity index (χ3n) is 3.59. The fraction of sp³-hybridized carbons (Fsp3) is 0.111. The van der Waals surface area contributed by atoms with Gasteiger partial charge in [-0.3, -0.25) is 4.79 Å². The highest BCUT2D eigenvalue weighted by atomic mass is 79.9. The normalized spacial score (nSPS) is 14.4. The number of benzene rings is 2. The molecule has 122 valence electrons. The van der Waals surface area contributed by atoms with Gasteiger partial charge >= 0.3 is 5.97 Å². The third-order valence-corrected chi connectivity index (χ3v) is 4.24. The lowest BCUT2D eigenvalue weighted by molar-refractivity contribution is -0.139. The molecule has 0 saturated heterocycles. The van der Waals surface area contributed by atoms with Gasteiger partial charge in [0.1, 0.15) is 5.75 Å². The molecule has 0 atom stereocenters. The predicted octanol–water partition coefficient (Wildman–Crippen LogP) is 3.54. The average Bonchev–Trinajstić information content (AvgIpc) is 2.89. The summed E-state index contributed by atoms with van der Waals surface area (Å²) in [5.41, 5.74) is 3.83. The van der Waals surface area contributed by atoms with Crippen LogP contribution in [0.4, 0.5) is 5.69 Å². The lowest BCUT2D eigenvalue weighted by atomic mass is 10.0. The van der Waals surface area contributed by atoms with Crippen molar-refractivity contribution in [3.05, 3.63) is 59.2 Å². The van der Waals surface area contributed by atoms with Crippen LogP contribution < -0.4 is 10.1 Å². The van der Waals surface area contributed by atoms with Crippen molar-refractivity contribution in [3.8, 4) is 5.75 Å². The van der Waals surface area contributed by atoms with Gasteiger partial charge in [-0.25, -0.2) is 4.79 Å². The number of carboxylic acid groups (broad SMARTS) is 1. The molecule has 2 aromatic rings. The zero-order valence-corrected chi connectivity index (χ0v) is 14.2. The molecule has 0 bridgehead atoms. The summed E-state index contributed by atoms with van der Waals surface area (Å²) >= 11 is 3.41. The van der Waals surface area contributed by atoms with Crippen molar-refractivity contribution in [3.63, 3.8) is 0 Å². The van der Waals surface area contributed by atoms with E-state index in [1.54, 1.807) is 24.3 Å². The number of carboxylic acids is 1. The van der Waals surface area contributed by atoms with Crippen LogP contribution in [0.5, 0.6) is 5.75 Å². The van der Waals surface area contributed by atoms with Crippen molar-refractivity contribution in [2.24, 2.45) is 0 Å². The molecule has 3 rings (SSSR count). The highest BCUT2D eigenvalue weighted by Gasteiger charge is 2.24. The van der Waals surface area contributed by atoms with E-state index in [4.69, 9.17) is 9.84 Å². The SMILES string of the molecule is O=C(O)COc1ccccc1C=C1C(=O)Nc2ccc(CBr)cc21. The summed E-state index contributed by atoms with van der Waals surface area (Å²) in [4.78, 5) is 23.0. The van der Waals surface area contributed by atoms with Gasteiger partial charge in [0.25, 0.3) is 5.91 Å². The summed E-state index contributed by atoms with van der Waals surface area (Å²) in [6.45, 7) is -0.434. The second kappa shape index (κ2) is 6.88. The molecule has 0 fully saturated rings. The zero-order chi connectivity index (χ0) is 17.1. The minimum atomic E-state index is -1.05. The van der Waals surface area contributed by atoms with E-state index in [1.807, 2.05) is 24.3 Å². The number of anilines is 1. The number of para-hydroxylation sites is 1. The Morgan fingerprint density at radius 1 is 1.25 bits per heavy atom. The molecule has 0 radical (unpaired) electrons. The highest BCUT2D eigenvalue weighted by Crippen LogP contribution is 2.35. The Morgan fingerprint density at radius 2 is 2.04 bits per heavy atom. The maximum absolute atomic E-state index is 12.3. The van der Waals surface area contributed by atoms with E-state index >= 15 is 0 Å². The maximum Gasteiger partial charge on any atom is 0.341 e. The van der Waals surface area contributed by atoms with Crippen LogP contribution in [0, 0.1) is 0 Å². The summed E-state index contributed by atoms with van der Waals surface area (Å²) in [6, 6.07) is 12.8. The molecule has 5 nitrogen and oxygen atoms in total. The van der Waals surface area contributed by atoms with Crippen LogP contribution in [0.25, 0.3) is 11.6 Å². The molecule has 0 aliphatic carbocycles. The van der Waals surface area contributed by atoms with Crippen molar-refractivity contribution in [1.82, 2.24) is 0 Å². The molecule has 0 unspecified atom stereocenters. The van der Waals surface area contributed by atoms with Crippen molar-refractivity contribution in [1.29, 1.82) is 0 Å². The summed E-state index contributed by atoms with van der Waals surface area (Å²) in [6.07, 6.45) is 1.72.